The first-order chi connectivity index (χ1) is 9.38. The number of hydrogen-bond acceptors (Lipinski definition) is 2. The summed E-state index contributed by atoms with van der Waals surface area (Å²) in [6, 6.07) is 0. The molecule has 6 aliphatic rings. The Morgan fingerprint density at radius 2 is 1.26 bits per heavy atom. The fourth-order valence-corrected chi connectivity index (χ4v) is 7.48. The number of hydrogen-bond donors (Lipinski definition) is 0. The minimum Gasteiger partial charge on any atom is -0.375 e. The highest BCUT2D eigenvalue weighted by Crippen LogP contribution is 2.85. The van der Waals surface area contributed by atoms with E-state index in [9.17, 15) is 0 Å². The Labute approximate surface area is 113 Å². The van der Waals surface area contributed by atoms with Crippen LogP contribution in [0.5, 0.6) is 0 Å². The van der Waals surface area contributed by atoms with Crippen molar-refractivity contribution < 1.29 is 9.47 Å². The number of ether oxygens (including phenoxy) is 2. The first-order valence-electron chi connectivity index (χ1n) is 7.98. The van der Waals surface area contributed by atoms with Gasteiger partial charge >= 0.3 is 0 Å². The molecule has 0 aromatic heterocycles. The molecular weight excluding hydrogens is 236 g/mol. The Morgan fingerprint density at radius 3 is 1.79 bits per heavy atom. The van der Waals surface area contributed by atoms with Crippen molar-refractivity contribution in [2.24, 2.45) is 34.5 Å². The van der Waals surface area contributed by atoms with E-state index in [1.165, 1.54) is 19.3 Å². The van der Waals surface area contributed by atoms with Crippen LogP contribution in [0.2, 0.25) is 0 Å². The molecule has 8 unspecified atom stereocenters. The average Bonchev–Trinajstić information content (AvgIpc) is 2.85. The van der Waals surface area contributed by atoms with Gasteiger partial charge in [-0.25, -0.2) is 0 Å². The van der Waals surface area contributed by atoms with E-state index in [1.54, 1.807) is 0 Å². The normalized spacial score (nSPS) is 66.5. The van der Waals surface area contributed by atoms with E-state index in [2.05, 4.69) is 24.3 Å². The Bertz CT molecular complexity index is 477. The maximum absolute atomic E-state index is 6.27. The quantitative estimate of drug-likeness (QED) is 0.663. The molecule has 19 heavy (non-hydrogen) atoms. The predicted octanol–water partition coefficient (Wildman–Crippen LogP) is 2.56. The van der Waals surface area contributed by atoms with Crippen molar-refractivity contribution in [3.63, 3.8) is 0 Å². The first kappa shape index (κ1) is 10.2. The monoisotopic (exact) mass is 256 g/mol. The van der Waals surface area contributed by atoms with E-state index < -0.39 is 0 Å². The third kappa shape index (κ3) is 0.787. The second-order valence-electron chi connectivity index (χ2n) is 7.58. The van der Waals surface area contributed by atoms with E-state index in [0.29, 0.717) is 23.0 Å². The van der Waals surface area contributed by atoms with Crippen LogP contribution in [0.15, 0.2) is 24.3 Å². The summed E-state index contributed by atoms with van der Waals surface area (Å²) in [5.74, 6) is 3.66. The Hall–Kier alpha value is -0.600. The highest BCUT2D eigenvalue weighted by Gasteiger charge is 2.85. The van der Waals surface area contributed by atoms with Gasteiger partial charge in [-0.05, 0) is 42.9 Å². The van der Waals surface area contributed by atoms with E-state index in [0.717, 1.165) is 36.9 Å². The van der Waals surface area contributed by atoms with Gasteiger partial charge in [-0.3, -0.25) is 0 Å². The Kier molecular flexibility index (Phi) is 1.54. The highest BCUT2D eigenvalue weighted by molar-refractivity contribution is 5.45. The van der Waals surface area contributed by atoms with Crippen molar-refractivity contribution in [3.8, 4) is 0 Å². The summed E-state index contributed by atoms with van der Waals surface area (Å²) in [6.45, 7) is 1.59. The van der Waals surface area contributed by atoms with Crippen molar-refractivity contribution in [3.05, 3.63) is 24.3 Å². The molecule has 5 aliphatic carbocycles. The molecule has 4 saturated carbocycles. The average molecular weight is 256 g/mol. The Balaban J connectivity index is 1.65. The molecular formula is C17H20O2. The molecule has 2 nitrogen and oxygen atoms in total. The van der Waals surface area contributed by atoms with Gasteiger partial charge < -0.3 is 9.47 Å². The maximum atomic E-state index is 6.27. The molecule has 8 atom stereocenters. The third-order valence-corrected chi connectivity index (χ3v) is 7.54. The molecule has 0 aromatic rings. The van der Waals surface area contributed by atoms with Crippen LogP contribution in [0, 0.1) is 34.5 Å². The Morgan fingerprint density at radius 1 is 0.737 bits per heavy atom. The topological polar surface area (TPSA) is 18.5 Å². The fraction of sp³-hybridized carbons (Fsp3) is 0.765. The van der Waals surface area contributed by atoms with Gasteiger partial charge in [-0.2, -0.15) is 0 Å². The number of allylic oxidation sites excluding steroid dienone is 2. The van der Waals surface area contributed by atoms with Crippen LogP contribution < -0.4 is 0 Å². The zero-order chi connectivity index (χ0) is 12.2. The molecule has 0 bridgehead atoms. The molecule has 100 valence electrons. The standard InChI is InChI=1S/C17H20O2/c1-2-4-17-13-9-11-7-10-8-12(18-5-6-19-13)16(17,3-1)14(10)15(11)17/h1-4,10-15H,5-9H2. The summed E-state index contributed by atoms with van der Waals surface area (Å²) in [5.41, 5.74) is 0.598. The summed E-state index contributed by atoms with van der Waals surface area (Å²) < 4.78 is 12.5. The molecule has 0 aromatic carbocycles. The lowest BCUT2D eigenvalue weighted by molar-refractivity contribution is -0.236. The van der Waals surface area contributed by atoms with Crippen LogP contribution in [-0.4, -0.2) is 25.4 Å². The van der Waals surface area contributed by atoms with Gasteiger partial charge in [-0.15, -0.1) is 0 Å². The molecule has 1 saturated heterocycles. The van der Waals surface area contributed by atoms with Gasteiger partial charge in [-0.1, -0.05) is 24.3 Å². The molecule has 0 N–H and O–H groups in total. The van der Waals surface area contributed by atoms with Crippen molar-refractivity contribution in [2.75, 3.05) is 13.2 Å². The lowest BCUT2D eigenvalue weighted by Gasteiger charge is -2.67. The van der Waals surface area contributed by atoms with Gasteiger partial charge in [0.1, 0.15) is 0 Å². The van der Waals surface area contributed by atoms with Crippen molar-refractivity contribution in [1.29, 1.82) is 0 Å². The zero-order valence-corrected chi connectivity index (χ0v) is 11.1. The minimum atomic E-state index is 0.299. The van der Waals surface area contributed by atoms with Gasteiger partial charge in [0.15, 0.2) is 0 Å². The first-order valence-corrected chi connectivity index (χ1v) is 7.98. The fourth-order valence-electron chi connectivity index (χ4n) is 7.48. The van der Waals surface area contributed by atoms with E-state index in [1.807, 2.05) is 0 Å². The van der Waals surface area contributed by atoms with Gasteiger partial charge in [0.25, 0.3) is 0 Å². The molecule has 0 radical (unpaired) electrons. The van der Waals surface area contributed by atoms with Crippen LogP contribution in [0.3, 0.4) is 0 Å². The summed E-state index contributed by atoms with van der Waals surface area (Å²) in [7, 11) is 0. The van der Waals surface area contributed by atoms with Crippen LogP contribution >= 0.6 is 0 Å². The third-order valence-electron chi connectivity index (χ3n) is 7.54. The zero-order valence-electron chi connectivity index (χ0n) is 11.1. The molecule has 0 amide bonds. The maximum Gasteiger partial charge on any atom is 0.0704 e. The molecule has 1 aliphatic heterocycles. The molecule has 2 spiro atoms. The second-order valence-corrected chi connectivity index (χ2v) is 7.58. The molecule has 5 fully saturated rings. The van der Waals surface area contributed by atoms with Crippen LogP contribution in [0.1, 0.15) is 19.3 Å². The van der Waals surface area contributed by atoms with Crippen molar-refractivity contribution in [2.45, 2.75) is 31.5 Å². The van der Waals surface area contributed by atoms with Gasteiger partial charge in [0.05, 0.1) is 25.4 Å². The van der Waals surface area contributed by atoms with Crippen LogP contribution in [0.4, 0.5) is 0 Å². The predicted molar refractivity (Wildman–Crippen MR) is 70.4 cm³/mol. The molecule has 1 heterocycles. The highest BCUT2D eigenvalue weighted by atomic mass is 16.5. The largest absolute Gasteiger partial charge is 0.375 e. The molecule has 6 rings (SSSR count). The van der Waals surface area contributed by atoms with Gasteiger partial charge in [0.2, 0.25) is 0 Å². The summed E-state index contributed by atoms with van der Waals surface area (Å²) >= 11 is 0. The summed E-state index contributed by atoms with van der Waals surface area (Å²) in [6.07, 6.45) is 14.6. The minimum absolute atomic E-state index is 0.299. The van der Waals surface area contributed by atoms with Crippen molar-refractivity contribution in [1.82, 2.24) is 0 Å². The number of rotatable bonds is 0. The SMILES string of the molecule is C1=CC23C4CC5CC6CC(OCCO4)C2(C=C1)C6C53. The van der Waals surface area contributed by atoms with Crippen LogP contribution in [0.25, 0.3) is 0 Å². The van der Waals surface area contributed by atoms with Crippen molar-refractivity contribution >= 4 is 0 Å². The van der Waals surface area contributed by atoms with Gasteiger partial charge in [0, 0.05) is 10.8 Å². The lowest BCUT2D eigenvalue weighted by Crippen LogP contribution is -2.68. The van der Waals surface area contributed by atoms with E-state index >= 15 is 0 Å². The van der Waals surface area contributed by atoms with E-state index in [-0.39, 0.29) is 0 Å². The van der Waals surface area contributed by atoms with E-state index in [4.69, 9.17) is 9.47 Å². The molecule has 2 heteroatoms. The smallest absolute Gasteiger partial charge is 0.0704 e. The summed E-state index contributed by atoms with van der Waals surface area (Å²) in [4.78, 5) is 0. The van der Waals surface area contributed by atoms with Crippen LogP contribution in [-0.2, 0) is 9.47 Å². The second kappa shape index (κ2) is 2.87. The lowest BCUT2D eigenvalue weighted by atomic mass is 9.38. The summed E-state index contributed by atoms with van der Waals surface area (Å²) in [5, 5.41) is 0.